The molecule has 0 spiro atoms. The van der Waals surface area contributed by atoms with E-state index in [-0.39, 0.29) is 41.8 Å². The summed E-state index contributed by atoms with van der Waals surface area (Å²) in [6, 6.07) is 5.60. The third kappa shape index (κ3) is 8.15. The van der Waals surface area contributed by atoms with Crippen LogP contribution in [0.5, 0.6) is 0 Å². The van der Waals surface area contributed by atoms with Crippen LogP contribution in [0.2, 0.25) is 0 Å². The van der Waals surface area contributed by atoms with Crippen molar-refractivity contribution in [3.63, 3.8) is 0 Å². The summed E-state index contributed by atoms with van der Waals surface area (Å²) in [6.07, 6.45) is 4.04. The summed E-state index contributed by atoms with van der Waals surface area (Å²) in [4.78, 5) is 30.1. The summed E-state index contributed by atoms with van der Waals surface area (Å²) < 4.78 is 87.6. The monoisotopic (exact) mass is 676 g/mol. The molecule has 3 heterocycles. The van der Waals surface area contributed by atoms with Gasteiger partial charge in [0.25, 0.3) is 10.2 Å². The van der Waals surface area contributed by atoms with E-state index in [1.54, 1.807) is 0 Å². The van der Waals surface area contributed by atoms with E-state index in [4.69, 9.17) is 0 Å². The highest BCUT2D eigenvalue weighted by Crippen LogP contribution is 2.32. The summed E-state index contributed by atoms with van der Waals surface area (Å²) in [5.74, 6) is -5.87. The predicted molar refractivity (Wildman–Crippen MR) is 166 cm³/mol. The van der Waals surface area contributed by atoms with Crippen molar-refractivity contribution in [3.8, 4) is 0 Å². The Bertz CT molecular complexity index is 1690. The van der Waals surface area contributed by atoms with Crippen LogP contribution in [0.3, 0.4) is 0 Å². The minimum Gasteiger partial charge on any atom is -0.344 e. The molecule has 2 aliphatic rings. The van der Waals surface area contributed by atoms with Crippen molar-refractivity contribution in [2.75, 3.05) is 38.0 Å². The van der Waals surface area contributed by atoms with E-state index >= 15 is 4.39 Å². The molecule has 0 aliphatic carbocycles. The summed E-state index contributed by atoms with van der Waals surface area (Å²) in [6.45, 7) is 3.15. The number of benzene rings is 2. The zero-order valence-electron chi connectivity index (χ0n) is 25.7. The summed E-state index contributed by atoms with van der Waals surface area (Å²) in [5.41, 5.74) is 0.303. The fraction of sp³-hybridized carbons (Fsp3) is 0.406. The average molecular weight is 677 g/mol. The lowest BCUT2D eigenvalue weighted by atomic mass is 9.84. The van der Waals surface area contributed by atoms with Crippen molar-refractivity contribution in [2.45, 2.75) is 50.6 Å². The minimum absolute atomic E-state index is 0.00954. The van der Waals surface area contributed by atoms with Gasteiger partial charge in [-0.2, -0.15) is 17.0 Å². The first-order chi connectivity index (χ1) is 22.4. The second-order valence-corrected chi connectivity index (χ2v) is 13.5. The number of carbonyl (C=O) groups is 2. The van der Waals surface area contributed by atoms with E-state index in [1.807, 2.05) is 0 Å². The fourth-order valence-corrected chi connectivity index (χ4v) is 8.12. The Morgan fingerprint density at radius 3 is 2.30 bits per heavy atom. The molecule has 3 N–H and O–H groups in total. The van der Waals surface area contributed by atoms with Crippen molar-refractivity contribution < 1.29 is 35.6 Å². The SMILES string of the molecule is CC(=O)N[C@H](C(=O)Nc1cncc(F)c1CC[C@H]1CNCCN1S(=O)(=O)N1CCCC1)[C@@H](c1ccc(F)cc1)c1cc(F)cc(F)c1. The van der Waals surface area contributed by atoms with Crippen LogP contribution in [0, 0.1) is 23.3 Å². The molecule has 3 atom stereocenters. The molecule has 2 aliphatic heterocycles. The van der Waals surface area contributed by atoms with E-state index in [0.29, 0.717) is 32.2 Å². The van der Waals surface area contributed by atoms with Gasteiger partial charge in [-0.15, -0.1) is 0 Å². The van der Waals surface area contributed by atoms with Gasteiger partial charge in [0.15, 0.2) is 0 Å². The molecule has 47 heavy (non-hydrogen) atoms. The quantitative estimate of drug-likeness (QED) is 0.268. The maximum absolute atomic E-state index is 15.3. The van der Waals surface area contributed by atoms with E-state index in [1.165, 1.54) is 26.9 Å². The molecular formula is C32H36F4N6O4S. The largest absolute Gasteiger partial charge is 0.344 e. The van der Waals surface area contributed by atoms with Crippen LogP contribution in [-0.4, -0.2) is 78.6 Å². The van der Waals surface area contributed by atoms with Gasteiger partial charge < -0.3 is 16.0 Å². The second kappa shape index (κ2) is 14.9. The van der Waals surface area contributed by atoms with Crippen LogP contribution < -0.4 is 16.0 Å². The molecular weight excluding hydrogens is 640 g/mol. The van der Waals surface area contributed by atoms with E-state index in [0.717, 1.165) is 50.2 Å². The van der Waals surface area contributed by atoms with Crippen LogP contribution in [0.15, 0.2) is 54.9 Å². The third-order valence-corrected chi connectivity index (χ3v) is 10.5. The van der Waals surface area contributed by atoms with Crippen molar-refractivity contribution >= 4 is 27.7 Å². The summed E-state index contributed by atoms with van der Waals surface area (Å²) in [5, 5.41) is 8.34. The molecule has 0 saturated carbocycles. The fourth-order valence-electron chi connectivity index (χ4n) is 6.23. The Hall–Kier alpha value is -3.92. The normalized spacial score (nSPS) is 18.9. The van der Waals surface area contributed by atoms with Gasteiger partial charge in [0.2, 0.25) is 11.8 Å². The van der Waals surface area contributed by atoms with Crippen LogP contribution in [0.4, 0.5) is 23.2 Å². The maximum atomic E-state index is 15.3. The molecule has 1 aromatic heterocycles. The molecule has 0 unspecified atom stereocenters. The molecule has 252 valence electrons. The lowest BCUT2D eigenvalue weighted by molar-refractivity contribution is -0.125. The Morgan fingerprint density at radius 1 is 0.957 bits per heavy atom. The van der Waals surface area contributed by atoms with Crippen molar-refractivity contribution in [2.24, 2.45) is 0 Å². The Morgan fingerprint density at radius 2 is 1.64 bits per heavy atom. The highest BCUT2D eigenvalue weighted by Gasteiger charge is 2.38. The smallest absolute Gasteiger partial charge is 0.282 e. The summed E-state index contributed by atoms with van der Waals surface area (Å²) in [7, 11) is -3.71. The zero-order chi connectivity index (χ0) is 33.7. The second-order valence-electron chi connectivity index (χ2n) is 11.7. The third-order valence-electron chi connectivity index (χ3n) is 8.42. The van der Waals surface area contributed by atoms with Gasteiger partial charge in [-0.1, -0.05) is 12.1 Å². The number of pyridine rings is 1. The number of nitrogens with zero attached hydrogens (tertiary/aromatic N) is 3. The molecule has 2 aromatic carbocycles. The van der Waals surface area contributed by atoms with E-state index in [2.05, 4.69) is 20.9 Å². The lowest BCUT2D eigenvalue weighted by Gasteiger charge is -2.37. The number of anilines is 1. The van der Waals surface area contributed by atoms with Gasteiger partial charge in [-0.3, -0.25) is 14.6 Å². The lowest BCUT2D eigenvalue weighted by Crippen LogP contribution is -2.57. The molecule has 0 bridgehead atoms. The number of halogens is 4. The van der Waals surface area contributed by atoms with Gasteiger partial charge in [0.1, 0.15) is 29.3 Å². The Balaban J connectivity index is 1.43. The molecule has 2 amide bonds. The highest BCUT2D eigenvalue weighted by molar-refractivity contribution is 7.86. The first-order valence-corrected chi connectivity index (χ1v) is 16.7. The highest BCUT2D eigenvalue weighted by atomic mass is 32.2. The number of piperazine rings is 1. The number of hydrogen-bond donors (Lipinski definition) is 3. The summed E-state index contributed by atoms with van der Waals surface area (Å²) >= 11 is 0. The molecule has 3 aromatic rings. The van der Waals surface area contributed by atoms with Gasteiger partial charge >= 0.3 is 0 Å². The van der Waals surface area contributed by atoms with Crippen molar-refractivity contribution in [1.82, 2.24) is 24.2 Å². The Kier molecular flexibility index (Phi) is 10.9. The Labute approximate surface area is 270 Å². The van der Waals surface area contributed by atoms with Crippen LogP contribution in [0.1, 0.15) is 48.8 Å². The van der Waals surface area contributed by atoms with Gasteiger partial charge in [0, 0.05) is 63.2 Å². The molecule has 10 nitrogen and oxygen atoms in total. The molecule has 2 saturated heterocycles. The first kappa shape index (κ1) is 34.4. The standard InChI is InChI=1S/C32H36F4N6O4S/c1-20(43)39-31(30(21-4-6-23(33)7-5-21)22-14-24(34)16-25(35)15-22)32(44)40-29-19-38-18-28(36)27(29)9-8-26-17-37-10-13-42(26)47(45,46)41-11-2-3-12-41/h4-7,14-16,18-19,26,30-31,37H,2-3,8-13,17H2,1H3,(H,39,43)(H,40,44)/t26-,30-,31-/m0/s1. The molecule has 15 heteroatoms. The van der Waals surface area contributed by atoms with Crippen molar-refractivity contribution in [1.29, 1.82) is 0 Å². The number of aromatic nitrogens is 1. The first-order valence-electron chi connectivity index (χ1n) is 15.3. The molecule has 2 fully saturated rings. The number of rotatable bonds is 11. The van der Waals surface area contributed by atoms with Crippen LogP contribution >= 0.6 is 0 Å². The molecule has 5 rings (SSSR count). The van der Waals surface area contributed by atoms with Crippen LogP contribution in [-0.2, 0) is 26.2 Å². The minimum atomic E-state index is -3.71. The van der Waals surface area contributed by atoms with Crippen LogP contribution in [0.25, 0.3) is 0 Å². The molecule has 0 radical (unpaired) electrons. The number of hydrogen-bond acceptors (Lipinski definition) is 6. The van der Waals surface area contributed by atoms with E-state index in [9.17, 15) is 31.2 Å². The predicted octanol–water partition coefficient (Wildman–Crippen LogP) is 3.46. The van der Waals surface area contributed by atoms with Gasteiger partial charge in [-0.25, -0.2) is 17.6 Å². The van der Waals surface area contributed by atoms with Crippen molar-refractivity contribution in [3.05, 3.63) is 94.8 Å². The number of amides is 2. The number of carbonyl (C=O) groups excluding carboxylic acids is 2. The number of nitrogens with one attached hydrogen (secondary N) is 3. The topological polar surface area (TPSA) is 124 Å². The van der Waals surface area contributed by atoms with Gasteiger partial charge in [-0.05, 0) is 61.1 Å². The zero-order valence-corrected chi connectivity index (χ0v) is 26.5. The van der Waals surface area contributed by atoms with Gasteiger partial charge in [0.05, 0.1) is 18.1 Å². The average Bonchev–Trinajstić information content (AvgIpc) is 3.57. The maximum Gasteiger partial charge on any atom is 0.282 e. The van der Waals surface area contributed by atoms with E-state index < -0.39 is 63.3 Å².